The van der Waals surface area contributed by atoms with Crippen molar-refractivity contribution in [1.82, 2.24) is 14.8 Å². The molecule has 0 fully saturated rings. The van der Waals surface area contributed by atoms with E-state index in [-0.39, 0.29) is 6.61 Å². The number of benzene rings is 2. The number of carbonyl (C=O) groups excluding carboxylic acids is 1. The Morgan fingerprint density at radius 2 is 1.93 bits per heavy atom. The molecule has 0 aliphatic heterocycles. The van der Waals surface area contributed by atoms with Gasteiger partial charge < -0.3 is 4.74 Å². The van der Waals surface area contributed by atoms with Gasteiger partial charge in [0.2, 0.25) is 0 Å². The monoisotopic (exact) mass is 451 g/mol. The highest BCUT2D eigenvalue weighted by atomic mass is 79.9. The fourth-order valence-corrected chi connectivity index (χ4v) is 3.33. The van der Waals surface area contributed by atoms with E-state index in [2.05, 4.69) is 26.0 Å². The molecule has 0 bridgehead atoms. The molecule has 7 heteroatoms. The number of rotatable bonds is 5. The molecule has 0 aliphatic carbocycles. The van der Waals surface area contributed by atoms with Crippen molar-refractivity contribution >= 4 is 21.9 Å². The molecule has 2 aromatic heterocycles. The molecule has 0 atom stereocenters. The lowest BCUT2D eigenvalue weighted by molar-refractivity contribution is 0.0472. The smallest absolute Gasteiger partial charge is 0.341 e. The first-order valence-corrected chi connectivity index (χ1v) is 9.56. The zero-order valence-corrected chi connectivity index (χ0v) is 16.7. The molecule has 29 heavy (non-hydrogen) atoms. The molecular weight excluding hydrogens is 437 g/mol. The van der Waals surface area contributed by atoms with Crippen molar-refractivity contribution in [2.24, 2.45) is 0 Å². The summed E-state index contributed by atoms with van der Waals surface area (Å²) in [6.45, 7) is -0.0515. The lowest BCUT2D eigenvalue weighted by atomic mass is 10.0. The SMILES string of the molecule is O=C(OCc1cc(F)cc(-c2cccnc2)c1)c1cnn(-c2ccccc2Br)c1. The number of nitrogens with zero attached hydrogens (tertiary/aromatic N) is 3. The Labute approximate surface area is 174 Å². The molecule has 0 radical (unpaired) electrons. The van der Waals surface area contributed by atoms with Crippen molar-refractivity contribution in [3.63, 3.8) is 0 Å². The second-order valence-corrected chi connectivity index (χ2v) is 7.15. The summed E-state index contributed by atoms with van der Waals surface area (Å²) in [7, 11) is 0. The Bertz CT molecular complexity index is 1160. The predicted molar refractivity (Wildman–Crippen MR) is 110 cm³/mol. The van der Waals surface area contributed by atoms with Gasteiger partial charge in [-0.3, -0.25) is 4.98 Å². The van der Waals surface area contributed by atoms with Crippen LogP contribution in [0.5, 0.6) is 0 Å². The van der Waals surface area contributed by atoms with Crippen LogP contribution in [0, 0.1) is 5.82 Å². The molecule has 4 aromatic rings. The Balaban J connectivity index is 1.48. The van der Waals surface area contributed by atoms with Gasteiger partial charge in [-0.25, -0.2) is 13.9 Å². The summed E-state index contributed by atoms with van der Waals surface area (Å²) in [6.07, 6.45) is 6.34. The first-order valence-electron chi connectivity index (χ1n) is 8.77. The van der Waals surface area contributed by atoms with Crippen LogP contribution >= 0.6 is 15.9 Å². The van der Waals surface area contributed by atoms with Crippen molar-refractivity contribution in [2.45, 2.75) is 6.61 Å². The van der Waals surface area contributed by atoms with Crippen molar-refractivity contribution in [2.75, 3.05) is 0 Å². The summed E-state index contributed by atoms with van der Waals surface area (Å²) in [5.74, 6) is -0.936. The minimum atomic E-state index is -0.532. The molecule has 0 spiro atoms. The molecule has 0 N–H and O–H groups in total. The lowest BCUT2D eigenvalue weighted by Crippen LogP contribution is -2.05. The molecule has 2 heterocycles. The molecule has 0 aliphatic rings. The van der Waals surface area contributed by atoms with Crippen LogP contribution < -0.4 is 0 Å². The minimum absolute atomic E-state index is 0.0515. The number of ether oxygens (including phenoxy) is 1. The van der Waals surface area contributed by atoms with E-state index < -0.39 is 11.8 Å². The van der Waals surface area contributed by atoms with Crippen LogP contribution in [0.25, 0.3) is 16.8 Å². The highest BCUT2D eigenvalue weighted by molar-refractivity contribution is 9.10. The maximum atomic E-state index is 14.0. The molecular formula is C22H15BrFN3O2. The number of pyridine rings is 1. The fraction of sp³-hybridized carbons (Fsp3) is 0.0455. The maximum Gasteiger partial charge on any atom is 0.341 e. The van der Waals surface area contributed by atoms with E-state index in [9.17, 15) is 9.18 Å². The van der Waals surface area contributed by atoms with Crippen LogP contribution in [0.15, 0.2) is 83.9 Å². The predicted octanol–water partition coefficient (Wildman–Crippen LogP) is 5.19. The third-order valence-electron chi connectivity index (χ3n) is 4.24. The quantitative estimate of drug-likeness (QED) is 0.391. The number of aromatic nitrogens is 3. The summed E-state index contributed by atoms with van der Waals surface area (Å²) in [4.78, 5) is 16.4. The number of carbonyl (C=O) groups is 1. The van der Waals surface area contributed by atoms with Crippen molar-refractivity contribution in [3.05, 3.63) is 101 Å². The second-order valence-electron chi connectivity index (χ2n) is 6.29. The van der Waals surface area contributed by atoms with Crippen LogP contribution in [0.2, 0.25) is 0 Å². The van der Waals surface area contributed by atoms with Gasteiger partial charge in [-0.1, -0.05) is 18.2 Å². The molecule has 144 valence electrons. The number of para-hydroxylation sites is 1. The lowest BCUT2D eigenvalue weighted by Gasteiger charge is -2.07. The highest BCUT2D eigenvalue weighted by Gasteiger charge is 2.13. The number of hydrogen-bond acceptors (Lipinski definition) is 4. The van der Waals surface area contributed by atoms with Crippen LogP contribution in [-0.4, -0.2) is 20.7 Å². The zero-order chi connectivity index (χ0) is 20.2. The Morgan fingerprint density at radius 1 is 1.07 bits per heavy atom. The van der Waals surface area contributed by atoms with E-state index in [0.29, 0.717) is 16.7 Å². The topological polar surface area (TPSA) is 57.0 Å². The number of halogens is 2. The zero-order valence-electron chi connectivity index (χ0n) is 15.1. The Hall–Kier alpha value is -3.32. The third-order valence-corrected chi connectivity index (χ3v) is 4.91. The largest absolute Gasteiger partial charge is 0.457 e. The standard InChI is InChI=1S/C22H15BrFN3O2/c23-20-5-1-2-6-21(20)27-13-18(12-26-27)22(28)29-14-15-8-17(10-19(24)9-15)16-4-3-7-25-11-16/h1-13H,14H2. The number of esters is 1. The van der Waals surface area contributed by atoms with Gasteiger partial charge in [-0.2, -0.15) is 5.10 Å². The molecule has 0 unspecified atom stereocenters. The van der Waals surface area contributed by atoms with Crippen molar-refractivity contribution in [3.8, 4) is 16.8 Å². The van der Waals surface area contributed by atoms with Crippen molar-refractivity contribution in [1.29, 1.82) is 0 Å². The van der Waals surface area contributed by atoms with E-state index >= 15 is 0 Å². The van der Waals surface area contributed by atoms with Crippen LogP contribution in [0.4, 0.5) is 4.39 Å². The average Bonchev–Trinajstić information content (AvgIpc) is 3.23. The molecule has 4 rings (SSSR count). The van der Waals surface area contributed by atoms with E-state index in [0.717, 1.165) is 15.7 Å². The summed E-state index contributed by atoms with van der Waals surface area (Å²) < 4.78 is 21.8. The van der Waals surface area contributed by atoms with Crippen LogP contribution in [0.3, 0.4) is 0 Å². The normalized spacial score (nSPS) is 10.7. The summed E-state index contributed by atoms with van der Waals surface area (Å²) in [6, 6.07) is 15.7. The molecule has 0 amide bonds. The second kappa shape index (κ2) is 8.36. The van der Waals surface area contributed by atoms with E-state index in [4.69, 9.17) is 4.74 Å². The summed E-state index contributed by atoms with van der Waals surface area (Å²) in [5, 5.41) is 4.21. The Kier molecular flexibility index (Phi) is 5.48. The third kappa shape index (κ3) is 4.41. The first-order chi connectivity index (χ1) is 14.1. The highest BCUT2D eigenvalue weighted by Crippen LogP contribution is 2.22. The van der Waals surface area contributed by atoms with Gasteiger partial charge in [0.25, 0.3) is 0 Å². The van der Waals surface area contributed by atoms with Crippen molar-refractivity contribution < 1.29 is 13.9 Å². The molecule has 2 aromatic carbocycles. The van der Waals surface area contributed by atoms with Gasteiger partial charge in [-0.05, 0) is 63.5 Å². The van der Waals surface area contributed by atoms with E-state index in [1.54, 1.807) is 35.4 Å². The van der Waals surface area contributed by atoms with Gasteiger partial charge in [0.15, 0.2) is 0 Å². The summed E-state index contributed by atoms with van der Waals surface area (Å²) >= 11 is 3.46. The molecule has 5 nitrogen and oxygen atoms in total. The average molecular weight is 452 g/mol. The van der Waals surface area contributed by atoms with Gasteiger partial charge >= 0.3 is 5.97 Å². The molecule has 0 saturated heterocycles. The van der Waals surface area contributed by atoms with Gasteiger partial charge in [-0.15, -0.1) is 0 Å². The summed E-state index contributed by atoms with van der Waals surface area (Å²) in [5.41, 5.74) is 3.12. The van der Waals surface area contributed by atoms with Crippen LogP contribution in [0.1, 0.15) is 15.9 Å². The fourth-order valence-electron chi connectivity index (χ4n) is 2.86. The van der Waals surface area contributed by atoms with E-state index in [1.165, 1.54) is 18.3 Å². The maximum absolute atomic E-state index is 14.0. The van der Waals surface area contributed by atoms with Crippen LogP contribution in [-0.2, 0) is 11.3 Å². The van der Waals surface area contributed by atoms with Gasteiger partial charge in [0, 0.05) is 28.6 Å². The first kappa shape index (κ1) is 19.0. The van der Waals surface area contributed by atoms with E-state index in [1.807, 2.05) is 30.3 Å². The Morgan fingerprint density at radius 3 is 2.72 bits per heavy atom. The minimum Gasteiger partial charge on any atom is -0.457 e. The number of hydrogen-bond donors (Lipinski definition) is 0. The molecule has 0 saturated carbocycles. The van der Waals surface area contributed by atoms with Gasteiger partial charge in [0.1, 0.15) is 12.4 Å². The van der Waals surface area contributed by atoms with Gasteiger partial charge in [0.05, 0.1) is 17.4 Å².